The third-order valence-electron chi connectivity index (χ3n) is 2.05. The Morgan fingerprint density at radius 1 is 1.56 bits per heavy atom. The number of aliphatic carboxylic acids is 1. The van der Waals surface area contributed by atoms with E-state index in [1.165, 1.54) is 18.2 Å². The van der Waals surface area contributed by atoms with Gasteiger partial charge in [0.15, 0.2) is 0 Å². The molecular weight excluding hydrogens is 213 g/mol. The van der Waals surface area contributed by atoms with Gasteiger partial charge in [-0.05, 0) is 23.8 Å². The van der Waals surface area contributed by atoms with E-state index in [0.29, 0.717) is 5.56 Å². The third kappa shape index (κ3) is 3.15. The van der Waals surface area contributed by atoms with Crippen LogP contribution in [0.1, 0.15) is 17.2 Å². The van der Waals surface area contributed by atoms with Crippen molar-refractivity contribution in [1.29, 1.82) is 0 Å². The maximum Gasteiger partial charge on any atom is 0.328 e. The lowest BCUT2D eigenvalue weighted by Gasteiger charge is -2.09. The Labute approximate surface area is 91.8 Å². The number of carbonyl (C=O) groups is 1. The van der Waals surface area contributed by atoms with Crippen LogP contribution in [0.3, 0.4) is 0 Å². The molecule has 0 heterocycles. The van der Waals surface area contributed by atoms with Crippen LogP contribution < -0.4 is 5.73 Å². The second-order valence-corrected chi connectivity index (χ2v) is 3.24. The van der Waals surface area contributed by atoms with Gasteiger partial charge >= 0.3 is 5.97 Å². The number of hydrogen-bond acceptors (Lipinski definition) is 3. The van der Waals surface area contributed by atoms with Crippen molar-refractivity contribution in [3.05, 3.63) is 41.2 Å². The number of carboxylic acids is 1. The van der Waals surface area contributed by atoms with Crippen molar-refractivity contribution in [3.8, 4) is 0 Å². The molecule has 0 amide bonds. The maximum absolute atomic E-state index is 13.2. The van der Waals surface area contributed by atoms with E-state index in [1.54, 1.807) is 0 Å². The van der Waals surface area contributed by atoms with Gasteiger partial charge in [0.05, 0.1) is 12.6 Å². The Balaban J connectivity index is 3.03. The van der Waals surface area contributed by atoms with Gasteiger partial charge in [-0.15, -0.1) is 0 Å². The Hall–Kier alpha value is -1.72. The summed E-state index contributed by atoms with van der Waals surface area (Å²) in [5, 5.41) is 17.3. The van der Waals surface area contributed by atoms with Gasteiger partial charge in [0, 0.05) is 11.6 Å². The van der Waals surface area contributed by atoms with Gasteiger partial charge in [-0.25, -0.2) is 9.18 Å². The molecule has 1 aromatic carbocycles. The van der Waals surface area contributed by atoms with Crippen LogP contribution in [0.2, 0.25) is 0 Å². The molecule has 0 saturated heterocycles. The normalized spacial score (nSPS) is 12.9. The molecule has 5 heteroatoms. The molecule has 0 saturated carbocycles. The summed E-state index contributed by atoms with van der Waals surface area (Å²) in [5.41, 5.74) is 6.23. The highest BCUT2D eigenvalue weighted by atomic mass is 19.1. The molecule has 0 aliphatic heterocycles. The van der Waals surface area contributed by atoms with Crippen molar-refractivity contribution >= 4 is 12.0 Å². The van der Waals surface area contributed by atoms with Crippen LogP contribution in [-0.4, -0.2) is 22.8 Å². The lowest BCUT2D eigenvalue weighted by atomic mass is 10.0. The molecule has 0 aliphatic carbocycles. The minimum atomic E-state index is -1.16. The van der Waals surface area contributed by atoms with Crippen LogP contribution in [0.5, 0.6) is 0 Å². The number of hydrogen-bond donors (Lipinski definition) is 3. The van der Waals surface area contributed by atoms with Crippen molar-refractivity contribution < 1.29 is 19.4 Å². The largest absolute Gasteiger partial charge is 0.478 e. The number of benzene rings is 1. The number of nitrogens with two attached hydrogens (primary N) is 1. The molecule has 1 aromatic rings. The van der Waals surface area contributed by atoms with Crippen LogP contribution >= 0.6 is 0 Å². The summed E-state index contributed by atoms with van der Waals surface area (Å²) in [4.78, 5) is 10.3. The van der Waals surface area contributed by atoms with Gasteiger partial charge in [-0.3, -0.25) is 0 Å². The van der Waals surface area contributed by atoms with Crippen molar-refractivity contribution in [3.63, 3.8) is 0 Å². The molecule has 0 fully saturated rings. The van der Waals surface area contributed by atoms with E-state index >= 15 is 0 Å². The van der Waals surface area contributed by atoms with E-state index in [2.05, 4.69) is 0 Å². The fourth-order valence-electron chi connectivity index (χ4n) is 1.19. The second kappa shape index (κ2) is 5.39. The van der Waals surface area contributed by atoms with Gasteiger partial charge in [-0.1, -0.05) is 6.07 Å². The highest BCUT2D eigenvalue weighted by Gasteiger charge is 2.07. The van der Waals surface area contributed by atoms with E-state index in [0.717, 1.165) is 12.2 Å². The van der Waals surface area contributed by atoms with Crippen LogP contribution in [0, 0.1) is 5.82 Å². The first kappa shape index (κ1) is 12.4. The minimum absolute atomic E-state index is 0.129. The number of aliphatic hydroxyl groups is 1. The van der Waals surface area contributed by atoms with Crippen LogP contribution in [0.25, 0.3) is 6.08 Å². The fraction of sp³-hybridized carbons (Fsp3) is 0.182. The summed E-state index contributed by atoms with van der Waals surface area (Å²) in [6.45, 7) is -0.256. The van der Waals surface area contributed by atoms with Crippen LogP contribution in [0.4, 0.5) is 4.39 Å². The second-order valence-electron chi connectivity index (χ2n) is 3.24. The highest BCUT2D eigenvalue weighted by Crippen LogP contribution is 2.16. The molecule has 0 radical (unpaired) electrons. The molecule has 0 aromatic heterocycles. The Morgan fingerprint density at radius 2 is 2.25 bits per heavy atom. The van der Waals surface area contributed by atoms with E-state index < -0.39 is 17.8 Å². The SMILES string of the molecule is N[C@H](CO)c1ccc(F)c(/C=C/C(=O)O)c1. The van der Waals surface area contributed by atoms with Crippen molar-refractivity contribution in [2.45, 2.75) is 6.04 Å². The third-order valence-corrected chi connectivity index (χ3v) is 2.05. The summed E-state index contributed by atoms with van der Waals surface area (Å²) < 4.78 is 13.2. The molecule has 4 N–H and O–H groups in total. The molecule has 0 bridgehead atoms. The zero-order valence-corrected chi connectivity index (χ0v) is 8.43. The molecular formula is C11H12FNO3. The summed E-state index contributed by atoms with van der Waals surface area (Å²) in [5.74, 6) is -1.69. The van der Waals surface area contributed by atoms with Gasteiger partial charge in [0.1, 0.15) is 5.82 Å². The van der Waals surface area contributed by atoms with Crippen LogP contribution in [0.15, 0.2) is 24.3 Å². The zero-order chi connectivity index (χ0) is 12.1. The summed E-state index contributed by atoms with van der Waals surface area (Å²) in [7, 11) is 0. The summed E-state index contributed by atoms with van der Waals surface area (Å²) >= 11 is 0. The molecule has 86 valence electrons. The molecule has 4 nitrogen and oxygen atoms in total. The fourth-order valence-corrected chi connectivity index (χ4v) is 1.19. The molecule has 0 spiro atoms. The topological polar surface area (TPSA) is 83.5 Å². The molecule has 1 rings (SSSR count). The predicted octanol–water partition coefficient (Wildman–Crippen LogP) is 0.916. The van der Waals surface area contributed by atoms with E-state index in [1.807, 2.05) is 0 Å². The smallest absolute Gasteiger partial charge is 0.328 e. The molecule has 16 heavy (non-hydrogen) atoms. The van der Waals surface area contributed by atoms with Gasteiger partial charge in [0.2, 0.25) is 0 Å². The predicted molar refractivity (Wildman–Crippen MR) is 57.1 cm³/mol. The lowest BCUT2D eigenvalue weighted by Crippen LogP contribution is -2.14. The van der Waals surface area contributed by atoms with Crippen molar-refractivity contribution in [2.24, 2.45) is 5.73 Å². The number of halogens is 1. The first-order valence-corrected chi connectivity index (χ1v) is 4.61. The first-order chi connectivity index (χ1) is 7.54. The molecule has 0 unspecified atom stereocenters. The minimum Gasteiger partial charge on any atom is -0.478 e. The summed E-state index contributed by atoms with van der Waals surface area (Å²) in [6.07, 6.45) is 1.98. The van der Waals surface area contributed by atoms with Gasteiger partial charge < -0.3 is 15.9 Å². The highest BCUT2D eigenvalue weighted by molar-refractivity contribution is 5.85. The standard InChI is InChI=1S/C11H12FNO3/c12-9-3-1-8(10(13)6-14)5-7(9)2-4-11(15)16/h1-5,10,14H,6,13H2,(H,15,16)/b4-2+/t10-/m1/s1. The van der Waals surface area contributed by atoms with E-state index in [4.69, 9.17) is 15.9 Å². The summed E-state index contributed by atoms with van der Waals surface area (Å²) in [6, 6.07) is 3.45. The Morgan fingerprint density at radius 3 is 2.81 bits per heavy atom. The number of rotatable bonds is 4. The van der Waals surface area contributed by atoms with E-state index in [9.17, 15) is 9.18 Å². The number of aliphatic hydroxyl groups excluding tert-OH is 1. The van der Waals surface area contributed by atoms with Crippen molar-refractivity contribution in [2.75, 3.05) is 6.61 Å². The first-order valence-electron chi connectivity index (χ1n) is 4.61. The lowest BCUT2D eigenvalue weighted by molar-refractivity contribution is -0.131. The average molecular weight is 225 g/mol. The molecule has 0 aliphatic rings. The van der Waals surface area contributed by atoms with Crippen molar-refractivity contribution in [1.82, 2.24) is 0 Å². The Kier molecular flexibility index (Phi) is 4.16. The van der Waals surface area contributed by atoms with Gasteiger partial charge in [0.25, 0.3) is 0 Å². The average Bonchev–Trinajstić information content (AvgIpc) is 2.26. The monoisotopic (exact) mass is 225 g/mol. The Bertz CT molecular complexity index is 418. The maximum atomic E-state index is 13.2. The van der Waals surface area contributed by atoms with E-state index in [-0.39, 0.29) is 12.2 Å². The molecule has 1 atom stereocenters. The zero-order valence-electron chi connectivity index (χ0n) is 8.43. The number of carboxylic acid groups (broad SMARTS) is 1. The quantitative estimate of drug-likeness (QED) is 0.665. The van der Waals surface area contributed by atoms with Gasteiger partial charge in [-0.2, -0.15) is 0 Å². The van der Waals surface area contributed by atoms with Crippen LogP contribution in [-0.2, 0) is 4.79 Å².